The van der Waals surface area contributed by atoms with Crippen molar-refractivity contribution in [2.75, 3.05) is 31.3 Å². The van der Waals surface area contributed by atoms with Gasteiger partial charge in [-0.15, -0.1) is 0 Å². The Balaban J connectivity index is 2.34. The van der Waals surface area contributed by atoms with E-state index in [2.05, 4.69) is 17.2 Å². The van der Waals surface area contributed by atoms with Crippen molar-refractivity contribution in [2.24, 2.45) is 5.92 Å². The van der Waals surface area contributed by atoms with Crippen LogP contribution in [0.25, 0.3) is 0 Å². The third-order valence-corrected chi connectivity index (χ3v) is 1.87. The highest BCUT2D eigenvalue weighted by atomic mass is 16.5. The van der Waals surface area contributed by atoms with E-state index in [1.807, 2.05) is 12.1 Å². The van der Waals surface area contributed by atoms with Crippen LogP contribution < -0.4 is 11.1 Å². The molecule has 1 unspecified atom stereocenters. The maximum Gasteiger partial charge on any atom is 0.126 e. The van der Waals surface area contributed by atoms with Crippen molar-refractivity contribution in [2.45, 2.75) is 6.92 Å². The van der Waals surface area contributed by atoms with Gasteiger partial charge >= 0.3 is 0 Å². The van der Waals surface area contributed by atoms with Gasteiger partial charge in [-0.25, -0.2) is 4.98 Å². The number of hydrogen-bond acceptors (Lipinski definition) is 4. The number of nitrogen functional groups attached to an aromatic ring is 1. The number of anilines is 2. The molecule has 4 heteroatoms. The second-order valence-electron chi connectivity index (χ2n) is 3.42. The average molecular weight is 195 g/mol. The van der Waals surface area contributed by atoms with Crippen LogP contribution in [-0.4, -0.2) is 25.2 Å². The summed E-state index contributed by atoms with van der Waals surface area (Å²) in [4.78, 5) is 4.13. The summed E-state index contributed by atoms with van der Waals surface area (Å²) in [5.74, 6) is 1.32. The minimum absolute atomic E-state index is 0.472. The normalized spacial score (nSPS) is 12.4. The van der Waals surface area contributed by atoms with Gasteiger partial charge in [-0.2, -0.15) is 0 Å². The maximum absolute atomic E-state index is 5.52. The lowest BCUT2D eigenvalue weighted by molar-refractivity contribution is 0.164. The maximum atomic E-state index is 5.52. The van der Waals surface area contributed by atoms with Crippen LogP contribution in [0.5, 0.6) is 0 Å². The van der Waals surface area contributed by atoms with Gasteiger partial charge in [0.2, 0.25) is 0 Å². The molecule has 0 fully saturated rings. The monoisotopic (exact) mass is 195 g/mol. The number of aromatic nitrogens is 1. The molecule has 78 valence electrons. The molecule has 4 nitrogen and oxygen atoms in total. The molecule has 3 N–H and O–H groups in total. The summed E-state index contributed by atoms with van der Waals surface area (Å²) in [5.41, 5.74) is 6.20. The fourth-order valence-electron chi connectivity index (χ4n) is 1.13. The van der Waals surface area contributed by atoms with Gasteiger partial charge in [-0.3, -0.25) is 0 Å². The number of nitrogens with two attached hydrogens (primary N) is 1. The highest BCUT2D eigenvalue weighted by Crippen LogP contribution is 2.06. The molecule has 1 rings (SSSR count). The molecular formula is C10H17N3O. The highest BCUT2D eigenvalue weighted by Gasteiger charge is 2.00. The summed E-state index contributed by atoms with van der Waals surface area (Å²) in [7, 11) is 1.71. The van der Waals surface area contributed by atoms with Crippen molar-refractivity contribution >= 4 is 11.5 Å². The van der Waals surface area contributed by atoms with Crippen LogP contribution in [0, 0.1) is 5.92 Å². The van der Waals surface area contributed by atoms with Gasteiger partial charge in [0.1, 0.15) is 5.82 Å². The Hall–Kier alpha value is -1.29. The minimum atomic E-state index is 0.472. The van der Waals surface area contributed by atoms with Crippen molar-refractivity contribution in [1.29, 1.82) is 0 Å². The van der Waals surface area contributed by atoms with Crippen LogP contribution in [-0.2, 0) is 4.74 Å². The van der Waals surface area contributed by atoms with Crippen LogP contribution >= 0.6 is 0 Å². The number of hydrogen-bond donors (Lipinski definition) is 2. The predicted octanol–water partition coefficient (Wildman–Crippen LogP) is 1.36. The molecular weight excluding hydrogens is 178 g/mol. The summed E-state index contributed by atoms with van der Waals surface area (Å²) < 4.78 is 5.03. The summed E-state index contributed by atoms with van der Waals surface area (Å²) >= 11 is 0. The Labute approximate surface area is 84.5 Å². The third-order valence-electron chi connectivity index (χ3n) is 1.87. The van der Waals surface area contributed by atoms with Gasteiger partial charge in [0.15, 0.2) is 0 Å². The minimum Gasteiger partial charge on any atom is -0.397 e. The first kappa shape index (κ1) is 10.8. The lowest BCUT2D eigenvalue weighted by atomic mass is 10.2. The molecule has 0 aliphatic rings. The lowest BCUT2D eigenvalue weighted by Gasteiger charge is -2.11. The van der Waals surface area contributed by atoms with Crippen molar-refractivity contribution < 1.29 is 4.74 Å². The first-order valence-electron chi connectivity index (χ1n) is 4.66. The SMILES string of the molecule is COCC(C)CNc1ccc(N)cn1. The van der Waals surface area contributed by atoms with Gasteiger partial charge in [0, 0.05) is 13.7 Å². The fraction of sp³-hybridized carbons (Fsp3) is 0.500. The van der Waals surface area contributed by atoms with Crippen molar-refractivity contribution in [3.05, 3.63) is 18.3 Å². The third kappa shape index (κ3) is 3.62. The second-order valence-corrected chi connectivity index (χ2v) is 3.42. The standard InChI is InChI=1S/C10H17N3O/c1-8(7-14-2)5-12-10-4-3-9(11)6-13-10/h3-4,6,8H,5,7,11H2,1-2H3,(H,12,13). The topological polar surface area (TPSA) is 60.2 Å². The van der Waals surface area contributed by atoms with E-state index < -0.39 is 0 Å². The summed E-state index contributed by atoms with van der Waals surface area (Å²) in [6.45, 7) is 3.72. The van der Waals surface area contributed by atoms with Crippen LogP contribution in [0.4, 0.5) is 11.5 Å². The van der Waals surface area contributed by atoms with Crippen molar-refractivity contribution in [3.63, 3.8) is 0 Å². The van der Waals surface area contributed by atoms with E-state index in [4.69, 9.17) is 10.5 Å². The second kappa shape index (κ2) is 5.44. The molecule has 0 bridgehead atoms. The van der Waals surface area contributed by atoms with Crippen LogP contribution in [0.1, 0.15) is 6.92 Å². The molecule has 0 aromatic carbocycles. The van der Waals surface area contributed by atoms with E-state index in [-0.39, 0.29) is 0 Å². The average Bonchev–Trinajstić information content (AvgIpc) is 2.17. The molecule has 0 spiro atoms. The van der Waals surface area contributed by atoms with Crippen LogP contribution in [0.15, 0.2) is 18.3 Å². The van der Waals surface area contributed by atoms with Gasteiger partial charge < -0.3 is 15.8 Å². The van der Waals surface area contributed by atoms with E-state index in [1.54, 1.807) is 13.3 Å². The number of pyridine rings is 1. The molecule has 0 aliphatic heterocycles. The Morgan fingerprint density at radius 2 is 2.36 bits per heavy atom. The van der Waals surface area contributed by atoms with Crippen molar-refractivity contribution in [1.82, 2.24) is 4.98 Å². The van der Waals surface area contributed by atoms with E-state index in [9.17, 15) is 0 Å². The number of ether oxygens (including phenoxy) is 1. The molecule has 0 saturated heterocycles. The number of nitrogens with zero attached hydrogens (tertiary/aromatic N) is 1. The zero-order valence-corrected chi connectivity index (χ0v) is 8.66. The van der Waals surface area contributed by atoms with Gasteiger partial charge in [-0.1, -0.05) is 6.92 Å². The largest absolute Gasteiger partial charge is 0.397 e. The zero-order chi connectivity index (χ0) is 10.4. The van der Waals surface area contributed by atoms with E-state index >= 15 is 0 Å². The molecule has 14 heavy (non-hydrogen) atoms. The van der Waals surface area contributed by atoms with Gasteiger partial charge in [0.05, 0.1) is 18.5 Å². The molecule has 1 heterocycles. The quantitative estimate of drug-likeness (QED) is 0.744. The van der Waals surface area contributed by atoms with Gasteiger partial charge in [-0.05, 0) is 18.1 Å². The number of nitrogens with one attached hydrogen (secondary N) is 1. The van der Waals surface area contributed by atoms with Gasteiger partial charge in [0.25, 0.3) is 0 Å². The van der Waals surface area contributed by atoms with Crippen LogP contribution in [0.3, 0.4) is 0 Å². The molecule has 1 atom stereocenters. The van der Waals surface area contributed by atoms with E-state index in [1.165, 1.54) is 0 Å². The summed E-state index contributed by atoms with van der Waals surface area (Å²) in [6, 6.07) is 3.70. The predicted molar refractivity (Wildman–Crippen MR) is 58.2 cm³/mol. The van der Waals surface area contributed by atoms with E-state index in [0.717, 1.165) is 19.0 Å². The molecule has 0 amide bonds. The molecule has 1 aromatic heterocycles. The molecule has 0 radical (unpaired) electrons. The fourth-order valence-corrected chi connectivity index (χ4v) is 1.13. The summed E-state index contributed by atoms with van der Waals surface area (Å²) in [6.07, 6.45) is 1.64. The number of rotatable bonds is 5. The van der Waals surface area contributed by atoms with Crippen LogP contribution in [0.2, 0.25) is 0 Å². The van der Waals surface area contributed by atoms with E-state index in [0.29, 0.717) is 11.6 Å². The molecule has 1 aromatic rings. The lowest BCUT2D eigenvalue weighted by Crippen LogP contribution is -2.16. The Kier molecular flexibility index (Phi) is 4.19. The number of methoxy groups -OCH3 is 1. The Bertz CT molecular complexity index is 261. The Morgan fingerprint density at radius 1 is 1.57 bits per heavy atom. The highest BCUT2D eigenvalue weighted by molar-refractivity contribution is 5.43. The zero-order valence-electron chi connectivity index (χ0n) is 8.66. The molecule has 0 aliphatic carbocycles. The first-order chi connectivity index (χ1) is 6.72. The Morgan fingerprint density at radius 3 is 2.93 bits per heavy atom. The van der Waals surface area contributed by atoms with Crippen molar-refractivity contribution in [3.8, 4) is 0 Å². The molecule has 0 saturated carbocycles. The smallest absolute Gasteiger partial charge is 0.126 e. The summed E-state index contributed by atoms with van der Waals surface area (Å²) in [5, 5.41) is 3.21. The first-order valence-corrected chi connectivity index (χ1v) is 4.66.